The lowest BCUT2D eigenvalue weighted by Gasteiger charge is -2.08. The topological polar surface area (TPSA) is 65.8 Å². The number of halogens is 2. The molecule has 7 heteroatoms. The highest BCUT2D eigenvalue weighted by molar-refractivity contribution is 6.30. The SMILES string of the molecule is CC(C)C(/C=C\c1ccc(Cl)cc1)=N\NC(=O)N/N=C(/C=C\c1ccc(Cl)cc1)C(C)C. The number of nitrogens with zero attached hydrogens (tertiary/aromatic N) is 2. The summed E-state index contributed by atoms with van der Waals surface area (Å²) >= 11 is 11.8. The van der Waals surface area contributed by atoms with Crippen molar-refractivity contribution in [1.29, 1.82) is 0 Å². The molecule has 0 aliphatic carbocycles. The molecule has 0 saturated heterocycles. The van der Waals surface area contributed by atoms with Gasteiger partial charge in [0.25, 0.3) is 0 Å². The zero-order chi connectivity index (χ0) is 23.5. The van der Waals surface area contributed by atoms with Gasteiger partial charge in [-0.15, -0.1) is 0 Å². The van der Waals surface area contributed by atoms with Crippen LogP contribution in [0.3, 0.4) is 0 Å². The first-order chi connectivity index (χ1) is 15.2. The summed E-state index contributed by atoms with van der Waals surface area (Å²) in [5, 5.41) is 9.81. The van der Waals surface area contributed by atoms with Gasteiger partial charge in [0.1, 0.15) is 0 Å². The first-order valence-electron chi connectivity index (χ1n) is 10.3. The number of hydrazone groups is 2. The lowest BCUT2D eigenvalue weighted by Crippen LogP contribution is -2.31. The number of hydrogen-bond acceptors (Lipinski definition) is 3. The summed E-state index contributed by atoms with van der Waals surface area (Å²) in [7, 11) is 0. The molecule has 2 N–H and O–H groups in total. The number of hydrogen-bond donors (Lipinski definition) is 2. The van der Waals surface area contributed by atoms with E-state index < -0.39 is 6.03 Å². The van der Waals surface area contributed by atoms with Crippen molar-refractivity contribution >= 4 is 52.8 Å². The molecule has 168 valence electrons. The number of benzene rings is 2. The molecule has 2 rings (SSSR count). The largest absolute Gasteiger partial charge is 0.355 e. The van der Waals surface area contributed by atoms with E-state index in [4.69, 9.17) is 23.2 Å². The molecule has 0 unspecified atom stereocenters. The van der Waals surface area contributed by atoms with Gasteiger partial charge >= 0.3 is 6.03 Å². The Labute approximate surface area is 199 Å². The van der Waals surface area contributed by atoms with Crippen molar-refractivity contribution in [2.75, 3.05) is 0 Å². The Balaban J connectivity index is 2.01. The van der Waals surface area contributed by atoms with Crippen molar-refractivity contribution in [3.8, 4) is 0 Å². The Hall–Kier alpha value is -2.89. The summed E-state index contributed by atoms with van der Waals surface area (Å²) in [6, 6.07) is 14.4. The van der Waals surface area contributed by atoms with Gasteiger partial charge in [-0.2, -0.15) is 10.2 Å². The Morgan fingerprint density at radius 3 is 1.38 bits per heavy atom. The van der Waals surface area contributed by atoms with E-state index in [0.717, 1.165) is 22.6 Å². The molecule has 2 aromatic rings. The van der Waals surface area contributed by atoms with Crippen LogP contribution in [0.1, 0.15) is 38.8 Å². The first-order valence-corrected chi connectivity index (χ1v) is 11.1. The van der Waals surface area contributed by atoms with Crippen LogP contribution in [0, 0.1) is 11.8 Å². The fourth-order valence-electron chi connectivity index (χ4n) is 2.48. The minimum absolute atomic E-state index is 0.121. The van der Waals surface area contributed by atoms with Crippen LogP contribution < -0.4 is 10.9 Å². The minimum Gasteiger partial charge on any atom is -0.245 e. The third-order valence-corrected chi connectivity index (χ3v) is 4.89. The molecule has 2 amide bonds. The summed E-state index contributed by atoms with van der Waals surface area (Å²) in [5.74, 6) is 0.242. The molecule has 0 fully saturated rings. The van der Waals surface area contributed by atoms with Crippen molar-refractivity contribution < 1.29 is 4.79 Å². The van der Waals surface area contributed by atoms with Gasteiger partial charge in [0.2, 0.25) is 0 Å². The average molecular weight is 471 g/mol. The molecule has 0 atom stereocenters. The number of urea groups is 1. The Morgan fingerprint density at radius 1 is 0.719 bits per heavy atom. The third-order valence-electron chi connectivity index (χ3n) is 4.39. The van der Waals surface area contributed by atoms with Crippen LogP contribution in [0.2, 0.25) is 10.0 Å². The van der Waals surface area contributed by atoms with Gasteiger partial charge in [-0.25, -0.2) is 15.6 Å². The number of nitrogens with one attached hydrogen (secondary N) is 2. The molecule has 0 aliphatic rings. The van der Waals surface area contributed by atoms with E-state index in [0.29, 0.717) is 10.0 Å². The number of rotatable bonds is 8. The van der Waals surface area contributed by atoms with Crippen LogP contribution in [0.15, 0.2) is 70.9 Å². The fourth-order valence-corrected chi connectivity index (χ4v) is 2.74. The lowest BCUT2D eigenvalue weighted by atomic mass is 10.1. The molecule has 0 aromatic heterocycles. The van der Waals surface area contributed by atoms with Crippen molar-refractivity contribution in [1.82, 2.24) is 10.9 Å². The molecule has 0 saturated carbocycles. The molecule has 2 aromatic carbocycles. The van der Waals surface area contributed by atoms with Gasteiger partial charge in [-0.05, 0) is 59.4 Å². The van der Waals surface area contributed by atoms with Crippen LogP contribution in [0.25, 0.3) is 12.2 Å². The summed E-state index contributed by atoms with van der Waals surface area (Å²) in [6.45, 7) is 8.00. The van der Waals surface area contributed by atoms with Gasteiger partial charge in [-0.3, -0.25) is 0 Å². The highest BCUT2D eigenvalue weighted by Gasteiger charge is 2.06. The molecule has 0 heterocycles. The Kier molecular flexibility index (Phi) is 10.2. The van der Waals surface area contributed by atoms with Crippen molar-refractivity contribution in [2.45, 2.75) is 27.7 Å². The lowest BCUT2D eigenvalue weighted by molar-refractivity contribution is 0.241. The Bertz CT molecular complexity index is 924. The van der Waals surface area contributed by atoms with E-state index in [-0.39, 0.29) is 11.8 Å². The molecular weight excluding hydrogens is 443 g/mol. The second kappa shape index (κ2) is 12.8. The van der Waals surface area contributed by atoms with E-state index in [1.165, 1.54) is 0 Å². The van der Waals surface area contributed by atoms with Crippen molar-refractivity contribution in [3.05, 3.63) is 81.9 Å². The summed E-state index contributed by atoms with van der Waals surface area (Å²) in [5.41, 5.74) is 8.45. The van der Waals surface area contributed by atoms with Gasteiger partial charge in [0.15, 0.2) is 0 Å². The van der Waals surface area contributed by atoms with Crippen molar-refractivity contribution in [3.63, 3.8) is 0 Å². The maximum absolute atomic E-state index is 12.2. The van der Waals surface area contributed by atoms with Crippen LogP contribution in [0.5, 0.6) is 0 Å². The highest BCUT2D eigenvalue weighted by Crippen LogP contribution is 2.12. The molecular formula is C25H28Cl2N4O. The maximum Gasteiger partial charge on any atom is 0.355 e. The smallest absolute Gasteiger partial charge is 0.245 e. The van der Waals surface area contributed by atoms with E-state index >= 15 is 0 Å². The van der Waals surface area contributed by atoms with Crippen LogP contribution in [0.4, 0.5) is 4.79 Å². The average Bonchev–Trinajstić information content (AvgIpc) is 2.75. The zero-order valence-electron chi connectivity index (χ0n) is 18.6. The molecule has 0 spiro atoms. The fraction of sp³-hybridized carbons (Fsp3) is 0.240. The van der Waals surface area contributed by atoms with E-state index in [2.05, 4.69) is 21.1 Å². The maximum atomic E-state index is 12.2. The van der Waals surface area contributed by atoms with Crippen LogP contribution >= 0.6 is 23.2 Å². The summed E-state index contributed by atoms with van der Waals surface area (Å²) < 4.78 is 0. The minimum atomic E-state index is -0.513. The highest BCUT2D eigenvalue weighted by atomic mass is 35.5. The number of carbonyl (C=O) groups excluding carboxylic acids is 1. The molecule has 32 heavy (non-hydrogen) atoms. The summed E-state index contributed by atoms with van der Waals surface area (Å²) in [6.07, 6.45) is 7.58. The number of allylic oxidation sites excluding steroid dienone is 2. The predicted octanol–water partition coefficient (Wildman–Crippen LogP) is 7.04. The zero-order valence-corrected chi connectivity index (χ0v) is 20.2. The molecule has 0 aliphatic heterocycles. The van der Waals surface area contributed by atoms with Gasteiger partial charge < -0.3 is 0 Å². The van der Waals surface area contributed by atoms with Gasteiger partial charge in [0, 0.05) is 10.0 Å². The van der Waals surface area contributed by atoms with Crippen LogP contribution in [-0.2, 0) is 0 Å². The quantitative estimate of drug-likeness (QED) is 0.315. The summed E-state index contributed by atoms with van der Waals surface area (Å²) in [4.78, 5) is 12.2. The predicted molar refractivity (Wildman–Crippen MR) is 137 cm³/mol. The first kappa shape index (κ1) is 25.4. The van der Waals surface area contributed by atoms with E-state index in [1.54, 1.807) is 0 Å². The second-order valence-corrected chi connectivity index (χ2v) is 8.58. The molecule has 5 nitrogen and oxygen atoms in total. The van der Waals surface area contributed by atoms with E-state index in [9.17, 15) is 4.79 Å². The Morgan fingerprint density at radius 2 is 1.06 bits per heavy atom. The van der Waals surface area contributed by atoms with Gasteiger partial charge in [0.05, 0.1) is 11.4 Å². The second-order valence-electron chi connectivity index (χ2n) is 7.71. The number of amides is 2. The van der Waals surface area contributed by atoms with Crippen molar-refractivity contribution in [2.24, 2.45) is 22.0 Å². The van der Waals surface area contributed by atoms with E-state index in [1.807, 2.05) is 101 Å². The van der Waals surface area contributed by atoms with Gasteiger partial charge in [-0.1, -0.05) is 87.3 Å². The molecule has 0 radical (unpaired) electrons. The normalized spacial score (nSPS) is 12.9. The number of carbonyl (C=O) groups is 1. The monoisotopic (exact) mass is 470 g/mol. The van der Waals surface area contributed by atoms with Crippen LogP contribution in [-0.4, -0.2) is 17.5 Å². The molecule has 0 bridgehead atoms. The third kappa shape index (κ3) is 9.08. The standard InChI is InChI=1S/C25H28Cl2N4O/c1-17(2)23(15-9-19-5-11-21(26)12-6-19)28-30-25(32)31-29-24(18(3)4)16-10-20-7-13-22(27)14-8-20/h5-18H,1-4H3,(H2,30,31,32)/b15-9-,16-10-,28-23-,29-24-.